The quantitative estimate of drug-likeness (QED) is 0.796. The smallest absolute Gasteiger partial charge is 0.147 e. The van der Waals surface area contributed by atoms with Crippen molar-refractivity contribution in [1.29, 1.82) is 0 Å². The molecule has 1 aromatic heterocycles. The van der Waals surface area contributed by atoms with Gasteiger partial charge in [0.15, 0.2) is 0 Å². The van der Waals surface area contributed by atoms with E-state index in [-0.39, 0.29) is 0 Å². The minimum absolute atomic E-state index is 0.450. The number of rotatable bonds is 4. The molecule has 0 bridgehead atoms. The third-order valence-electron chi connectivity index (χ3n) is 3.76. The summed E-state index contributed by atoms with van der Waals surface area (Å²) < 4.78 is 0. The molecule has 2 heterocycles. The molecule has 106 valence electrons. The van der Waals surface area contributed by atoms with Crippen LogP contribution in [0.5, 0.6) is 0 Å². The average Bonchev–Trinajstić information content (AvgIpc) is 2.41. The molecule has 1 saturated heterocycles. The molecule has 0 aliphatic carbocycles. The number of nitrogens with zero attached hydrogens (tertiary/aromatic N) is 3. The second-order valence-electron chi connectivity index (χ2n) is 5.41. The van der Waals surface area contributed by atoms with Gasteiger partial charge in [0.1, 0.15) is 5.82 Å². The molecule has 1 fully saturated rings. The molecule has 0 unspecified atom stereocenters. The Morgan fingerprint density at radius 2 is 2.11 bits per heavy atom. The largest absolute Gasteiger partial charge is 0.358 e. The summed E-state index contributed by atoms with van der Waals surface area (Å²) in [6.07, 6.45) is 4.30. The number of anilines is 1. The first kappa shape index (κ1) is 14.9. The molecule has 3 nitrogen and oxygen atoms in total. The summed E-state index contributed by atoms with van der Waals surface area (Å²) in [4.78, 5) is 8.98. The summed E-state index contributed by atoms with van der Waals surface area (Å²) >= 11 is 12.1. The van der Waals surface area contributed by atoms with Crippen molar-refractivity contribution in [1.82, 2.24) is 9.88 Å². The van der Waals surface area contributed by atoms with Crippen LogP contribution in [-0.2, 0) is 5.88 Å². The normalized spacial score (nSPS) is 17.7. The highest BCUT2D eigenvalue weighted by molar-refractivity contribution is 6.33. The molecule has 0 radical (unpaired) electrons. The zero-order chi connectivity index (χ0) is 13.8. The highest BCUT2D eigenvalue weighted by Crippen LogP contribution is 2.26. The van der Waals surface area contributed by atoms with Gasteiger partial charge >= 0.3 is 0 Å². The first-order valence-electron chi connectivity index (χ1n) is 6.70. The SMILES string of the molecule is CN1CCC(CN(C)c2ncc(CCl)cc2Cl)CC1. The molecule has 0 N–H and O–H groups in total. The Labute approximate surface area is 125 Å². The fourth-order valence-corrected chi connectivity index (χ4v) is 3.02. The first-order valence-corrected chi connectivity index (χ1v) is 7.61. The zero-order valence-electron chi connectivity index (χ0n) is 11.6. The summed E-state index contributed by atoms with van der Waals surface area (Å²) in [5, 5.41) is 0.688. The van der Waals surface area contributed by atoms with Crippen molar-refractivity contribution in [2.45, 2.75) is 18.7 Å². The van der Waals surface area contributed by atoms with Crippen LogP contribution in [0.15, 0.2) is 12.3 Å². The number of likely N-dealkylation sites (tertiary alicyclic amines) is 1. The molecule has 2 rings (SSSR count). The fraction of sp³-hybridized carbons (Fsp3) is 0.643. The Morgan fingerprint density at radius 3 is 2.68 bits per heavy atom. The summed E-state index contributed by atoms with van der Waals surface area (Å²) in [6, 6.07) is 1.90. The molecule has 19 heavy (non-hydrogen) atoms. The van der Waals surface area contributed by atoms with Crippen molar-refractivity contribution in [2.24, 2.45) is 5.92 Å². The van der Waals surface area contributed by atoms with Crippen molar-refractivity contribution >= 4 is 29.0 Å². The number of halogens is 2. The van der Waals surface area contributed by atoms with Crippen molar-refractivity contribution in [3.63, 3.8) is 0 Å². The van der Waals surface area contributed by atoms with Gasteiger partial charge in [0.25, 0.3) is 0 Å². The molecule has 0 atom stereocenters. The Bertz CT molecular complexity index is 417. The van der Waals surface area contributed by atoms with Crippen LogP contribution in [0.25, 0.3) is 0 Å². The maximum atomic E-state index is 6.27. The van der Waals surface area contributed by atoms with Gasteiger partial charge in [-0.25, -0.2) is 4.98 Å². The van der Waals surface area contributed by atoms with E-state index in [9.17, 15) is 0 Å². The molecule has 1 aromatic rings. The van der Waals surface area contributed by atoms with E-state index in [1.807, 2.05) is 6.07 Å². The molecule has 1 aliphatic heterocycles. The molecular formula is C14H21Cl2N3. The second kappa shape index (κ2) is 6.78. The van der Waals surface area contributed by atoms with Crippen molar-refractivity contribution < 1.29 is 0 Å². The van der Waals surface area contributed by atoms with E-state index >= 15 is 0 Å². The number of pyridine rings is 1. The van der Waals surface area contributed by atoms with Crippen molar-refractivity contribution in [2.75, 3.05) is 38.6 Å². The van der Waals surface area contributed by atoms with Crippen LogP contribution in [0.3, 0.4) is 0 Å². The van der Waals surface area contributed by atoms with Gasteiger partial charge in [-0.2, -0.15) is 0 Å². The molecular weight excluding hydrogens is 281 g/mol. The zero-order valence-corrected chi connectivity index (χ0v) is 13.1. The van der Waals surface area contributed by atoms with Crippen LogP contribution < -0.4 is 4.90 Å². The minimum Gasteiger partial charge on any atom is -0.358 e. The van der Waals surface area contributed by atoms with Crippen LogP contribution >= 0.6 is 23.2 Å². The Hall–Kier alpha value is -0.510. The van der Waals surface area contributed by atoms with Gasteiger partial charge in [-0.1, -0.05) is 11.6 Å². The predicted octanol–water partition coefficient (Wildman–Crippen LogP) is 3.25. The predicted molar refractivity (Wildman–Crippen MR) is 82.3 cm³/mol. The van der Waals surface area contributed by atoms with E-state index in [1.54, 1.807) is 6.20 Å². The van der Waals surface area contributed by atoms with E-state index in [1.165, 1.54) is 25.9 Å². The lowest BCUT2D eigenvalue weighted by Gasteiger charge is -2.32. The highest BCUT2D eigenvalue weighted by Gasteiger charge is 2.19. The topological polar surface area (TPSA) is 19.4 Å². The van der Waals surface area contributed by atoms with Gasteiger partial charge in [0, 0.05) is 25.7 Å². The molecule has 0 saturated carbocycles. The highest BCUT2D eigenvalue weighted by atomic mass is 35.5. The number of hydrogen-bond acceptors (Lipinski definition) is 3. The number of hydrogen-bond donors (Lipinski definition) is 0. The molecule has 1 aliphatic rings. The van der Waals surface area contributed by atoms with Crippen LogP contribution in [-0.4, -0.2) is 43.6 Å². The summed E-state index contributed by atoms with van der Waals surface area (Å²) in [5.41, 5.74) is 0.961. The lowest BCUT2D eigenvalue weighted by Crippen LogP contribution is -2.36. The summed E-state index contributed by atoms with van der Waals surface area (Å²) in [5.74, 6) is 2.03. The maximum absolute atomic E-state index is 6.27. The molecule has 0 aromatic carbocycles. The van der Waals surface area contributed by atoms with Crippen molar-refractivity contribution in [3.8, 4) is 0 Å². The van der Waals surface area contributed by atoms with Crippen LogP contribution in [0.4, 0.5) is 5.82 Å². The second-order valence-corrected chi connectivity index (χ2v) is 6.08. The molecule has 0 amide bonds. The van der Waals surface area contributed by atoms with Crippen molar-refractivity contribution in [3.05, 3.63) is 22.8 Å². The van der Waals surface area contributed by atoms with E-state index in [2.05, 4.69) is 28.9 Å². The average molecular weight is 302 g/mol. The van der Waals surface area contributed by atoms with E-state index in [4.69, 9.17) is 23.2 Å². The minimum atomic E-state index is 0.450. The van der Waals surface area contributed by atoms with Gasteiger partial charge in [-0.05, 0) is 50.5 Å². The first-order chi connectivity index (χ1) is 9.10. The van der Waals surface area contributed by atoms with Crippen LogP contribution in [0.1, 0.15) is 18.4 Å². The number of piperidine rings is 1. The van der Waals surface area contributed by atoms with Gasteiger partial charge in [0.05, 0.1) is 5.02 Å². The lowest BCUT2D eigenvalue weighted by molar-refractivity contribution is 0.222. The van der Waals surface area contributed by atoms with Crippen LogP contribution in [0, 0.1) is 5.92 Å². The van der Waals surface area contributed by atoms with Gasteiger partial charge < -0.3 is 9.80 Å². The maximum Gasteiger partial charge on any atom is 0.147 e. The van der Waals surface area contributed by atoms with Gasteiger partial charge in [0.2, 0.25) is 0 Å². The van der Waals surface area contributed by atoms with E-state index in [0.29, 0.717) is 10.9 Å². The monoisotopic (exact) mass is 301 g/mol. The standard InChI is InChI=1S/C14H21Cl2N3/c1-18-5-3-11(4-6-18)10-19(2)14-13(16)7-12(8-15)9-17-14/h7,9,11H,3-6,8,10H2,1-2H3. The Balaban J connectivity index is 1.97. The summed E-state index contributed by atoms with van der Waals surface area (Å²) in [7, 11) is 4.25. The third kappa shape index (κ3) is 3.98. The number of aromatic nitrogens is 1. The van der Waals surface area contributed by atoms with Gasteiger partial charge in [-0.15, -0.1) is 11.6 Å². The summed E-state index contributed by atoms with van der Waals surface area (Å²) in [6.45, 7) is 3.39. The van der Waals surface area contributed by atoms with E-state index in [0.717, 1.165) is 23.8 Å². The number of alkyl halides is 1. The van der Waals surface area contributed by atoms with E-state index < -0.39 is 0 Å². The van der Waals surface area contributed by atoms with Gasteiger partial charge in [-0.3, -0.25) is 0 Å². The Kier molecular flexibility index (Phi) is 5.31. The third-order valence-corrected chi connectivity index (χ3v) is 4.35. The Morgan fingerprint density at radius 1 is 1.42 bits per heavy atom. The van der Waals surface area contributed by atoms with Crippen LogP contribution in [0.2, 0.25) is 5.02 Å². The molecule has 5 heteroatoms. The fourth-order valence-electron chi connectivity index (χ4n) is 2.54. The lowest BCUT2D eigenvalue weighted by atomic mass is 9.97. The molecule has 0 spiro atoms.